The van der Waals surface area contributed by atoms with Crippen molar-refractivity contribution in [1.82, 2.24) is 9.97 Å². The molecule has 0 radical (unpaired) electrons. The lowest BCUT2D eigenvalue weighted by Crippen LogP contribution is -1.96. The SMILES string of the molecule is Nc1cc(CCCc2cc(N)c3[nH]c(=O)oc3c2)cc2oc(=O)[nH]c12. The molecule has 2 aromatic carbocycles. The molecule has 0 fully saturated rings. The Labute approximate surface area is 140 Å². The maximum atomic E-state index is 11.3. The molecule has 0 unspecified atom stereocenters. The number of aryl methyl sites for hydroxylation is 2. The Morgan fingerprint density at radius 1 is 0.760 bits per heavy atom. The topological polar surface area (TPSA) is 144 Å². The highest BCUT2D eigenvalue weighted by atomic mass is 16.4. The number of rotatable bonds is 4. The van der Waals surface area contributed by atoms with Crippen LogP contribution in [-0.4, -0.2) is 9.97 Å². The molecule has 128 valence electrons. The van der Waals surface area contributed by atoms with E-state index in [4.69, 9.17) is 20.3 Å². The van der Waals surface area contributed by atoms with Crippen molar-refractivity contribution in [3.63, 3.8) is 0 Å². The average molecular weight is 340 g/mol. The Kier molecular flexibility index (Phi) is 3.38. The van der Waals surface area contributed by atoms with Crippen molar-refractivity contribution in [3.8, 4) is 0 Å². The third-order valence-corrected chi connectivity index (χ3v) is 4.18. The van der Waals surface area contributed by atoms with E-state index >= 15 is 0 Å². The number of H-pyrrole nitrogens is 2. The van der Waals surface area contributed by atoms with E-state index in [1.807, 2.05) is 24.3 Å². The second kappa shape index (κ2) is 5.59. The molecule has 0 aliphatic rings. The van der Waals surface area contributed by atoms with E-state index in [9.17, 15) is 9.59 Å². The Bertz CT molecular complexity index is 1100. The number of benzene rings is 2. The first-order valence-corrected chi connectivity index (χ1v) is 7.82. The zero-order chi connectivity index (χ0) is 17.6. The molecule has 0 atom stereocenters. The maximum Gasteiger partial charge on any atom is 0.417 e. The van der Waals surface area contributed by atoms with Gasteiger partial charge in [-0.15, -0.1) is 0 Å². The zero-order valence-corrected chi connectivity index (χ0v) is 13.2. The van der Waals surface area contributed by atoms with Crippen LogP contribution in [0.3, 0.4) is 0 Å². The molecule has 6 N–H and O–H groups in total. The van der Waals surface area contributed by atoms with Gasteiger partial charge in [0.2, 0.25) is 0 Å². The standard InChI is InChI=1S/C17H16N4O4/c18-10-4-8(6-12-14(10)20-16(22)24-12)2-1-3-9-5-11(19)15-13(7-9)25-17(23)21-15/h4-7H,1-3,18-19H2,(H,20,22)(H,21,23). The van der Waals surface area contributed by atoms with Crippen LogP contribution in [0.5, 0.6) is 0 Å². The lowest BCUT2D eigenvalue weighted by Gasteiger charge is -2.05. The van der Waals surface area contributed by atoms with E-state index in [-0.39, 0.29) is 0 Å². The molecule has 0 amide bonds. The third-order valence-electron chi connectivity index (χ3n) is 4.18. The Morgan fingerprint density at radius 3 is 1.64 bits per heavy atom. The van der Waals surface area contributed by atoms with Crippen LogP contribution in [0.1, 0.15) is 17.5 Å². The summed E-state index contributed by atoms with van der Waals surface area (Å²) in [6.07, 6.45) is 2.34. The highest BCUT2D eigenvalue weighted by molar-refractivity contribution is 5.86. The van der Waals surface area contributed by atoms with Crippen LogP contribution in [0.25, 0.3) is 22.2 Å². The Balaban J connectivity index is 1.52. The van der Waals surface area contributed by atoms with Gasteiger partial charge in [0.05, 0.1) is 11.4 Å². The first kappa shape index (κ1) is 15.1. The molecule has 0 saturated heterocycles. The Hall–Kier alpha value is -3.42. The minimum absolute atomic E-state index is 0.458. The largest absolute Gasteiger partial charge is 0.417 e. The van der Waals surface area contributed by atoms with E-state index in [0.717, 1.165) is 30.4 Å². The fourth-order valence-corrected chi connectivity index (χ4v) is 3.06. The van der Waals surface area contributed by atoms with E-state index in [2.05, 4.69) is 9.97 Å². The number of aromatic nitrogens is 2. The zero-order valence-electron chi connectivity index (χ0n) is 13.2. The first-order valence-electron chi connectivity index (χ1n) is 7.82. The molecule has 4 rings (SSSR count). The molecule has 8 nitrogen and oxygen atoms in total. The summed E-state index contributed by atoms with van der Waals surface area (Å²) >= 11 is 0. The Morgan fingerprint density at radius 2 is 1.20 bits per heavy atom. The molecule has 0 aliphatic heterocycles. The summed E-state index contributed by atoms with van der Waals surface area (Å²) in [4.78, 5) is 27.7. The van der Waals surface area contributed by atoms with Gasteiger partial charge in [0.15, 0.2) is 11.2 Å². The van der Waals surface area contributed by atoms with Crippen LogP contribution < -0.4 is 23.0 Å². The number of nitrogen functional groups attached to an aromatic ring is 2. The predicted octanol–water partition coefficient (Wildman–Crippen LogP) is 1.90. The highest BCUT2D eigenvalue weighted by Gasteiger charge is 2.09. The van der Waals surface area contributed by atoms with Gasteiger partial charge < -0.3 is 20.3 Å². The van der Waals surface area contributed by atoms with Crippen molar-refractivity contribution >= 4 is 33.6 Å². The van der Waals surface area contributed by atoms with Gasteiger partial charge in [-0.05, 0) is 54.7 Å². The summed E-state index contributed by atoms with van der Waals surface area (Å²) in [5, 5.41) is 0. The minimum Gasteiger partial charge on any atom is -0.408 e. The molecule has 2 aromatic heterocycles. The number of nitrogens with one attached hydrogen (secondary N) is 2. The van der Waals surface area contributed by atoms with Crippen molar-refractivity contribution in [2.75, 3.05) is 11.5 Å². The monoisotopic (exact) mass is 340 g/mol. The van der Waals surface area contributed by atoms with Gasteiger partial charge in [-0.1, -0.05) is 0 Å². The number of oxazole rings is 2. The minimum atomic E-state index is -0.518. The van der Waals surface area contributed by atoms with E-state index < -0.39 is 11.5 Å². The van der Waals surface area contributed by atoms with Crippen LogP contribution in [0.15, 0.2) is 42.7 Å². The first-order chi connectivity index (χ1) is 12.0. The molecule has 8 heteroatoms. The third kappa shape index (κ3) is 2.78. The average Bonchev–Trinajstić information content (AvgIpc) is 3.09. The second-order valence-corrected chi connectivity index (χ2v) is 6.00. The fourth-order valence-electron chi connectivity index (χ4n) is 3.06. The van der Waals surface area contributed by atoms with Gasteiger partial charge in [0.25, 0.3) is 0 Å². The highest BCUT2D eigenvalue weighted by Crippen LogP contribution is 2.23. The van der Waals surface area contributed by atoms with E-state index in [1.165, 1.54) is 0 Å². The van der Waals surface area contributed by atoms with Crippen LogP contribution in [-0.2, 0) is 12.8 Å². The van der Waals surface area contributed by atoms with Gasteiger partial charge in [-0.3, -0.25) is 9.97 Å². The smallest absolute Gasteiger partial charge is 0.408 e. The van der Waals surface area contributed by atoms with Crippen molar-refractivity contribution in [3.05, 3.63) is 56.5 Å². The van der Waals surface area contributed by atoms with Gasteiger partial charge in [-0.25, -0.2) is 9.59 Å². The van der Waals surface area contributed by atoms with Crippen LogP contribution in [0, 0.1) is 0 Å². The van der Waals surface area contributed by atoms with Crippen molar-refractivity contribution in [2.24, 2.45) is 0 Å². The van der Waals surface area contributed by atoms with Gasteiger partial charge >= 0.3 is 11.5 Å². The maximum absolute atomic E-state index is 11.3. The summed E-state index contributed by atoms with van der Waals surface area (Å²) in [6, 6.07) is 7.28. The van der Waals surface area contributed by atoms with Crippen molar-refractivity contribution in [2.45, 2.75) is 19.3 Å². The summed E-state index contributed by atoms with van der Waals surface area (Å²) in [6.45, 7) is 0. The van der Waals surface area contributed by atoms with Crippen LogP contribution in [0.4, 0.5) is 11.4 Å². The lowest BCUT2D eigenvalue weighted by molar-refractivity contribution is 0.555. The normalized spacial score (nSPS) is 11.5. The number of anilines is 2. The molecular weight excluding hydrogens is 324 g/mol. The van der Waals surface area contributed by atoms with Gasteiger partial charge in [0, 0.05) is 0 Å². The molecule has 2 heterocycles. The summed E-state index contributed by atoms with van der Waals surface area (Å²) in [7, 11) is 0. The van der Waals surface area contributed by atoms with E-state index in [0.29, 0.717) is 33.6 Å². The van der Waals surface area contributed by atoms with E-state index in [1.54, 1.807) is 0 Å². The molecule has 25 heavy (non-hydrogen) atoms. The number of nitrogens with two attached hydrogens (primary N) is 2. The molecule has 0 saturated carbocycles. The van der Waals surface area contributed by atoms with Crippen LogP contribution in [0.2, 0.25) is 0 Å². The fraction of sp³-hybridized carbons (Fsp3) is 0.176. The molecule has 0 bridgehead atoms. The number of hydrogen-bond donors (Lipinski definition) is 4. The number of hydrogen-bond acceptors (Lipinski definition) is 6. The lowest BCUT2D eigenvalue weighted by atomic mass is 10.0. The van der Waals surface area contributed by atoms with Crippen molar-refractivity contribution in [1.29, 1.82) is 0 Å². The van der Waals surface area contributed by atoms with Crippen molar-refractivity contribution < 1.29 is 8.83 Å². The molecular formula is C17H16N4O4. The molecule has 0 spiro atoms. The van der Waals surface area contributed by atoms with Crippen LogP contribution >= 0.6 is 0 Å². The molecule has 4 aromatic rings. The summed E-state index contributed by atoms with van der Waals surface area (Å²) in [5.74, 6) is -1.04. The number of aromatic amines is 2. The predicted molar refractivity (Wildman–Crippen MR) is 94.5 cm³/mol. The molecule has 0 aliphatic carbocycles. The second-order valence-electron chi connectivity index (χ2n) is 6.00. The number of fused-ring (bicyclic) bond motifs is 2. The van der Waals surface area contributed by atoms with Gasteiger partial charge in [-0.2, -0.15) is 0 Å². The van der Waals surface area contributed by atoms with Gasteiger partial charge in [0.1, 0.15) is 11.0 Å². The summed E-state index contributed by atoms with van der Waals surface area (Å²) in [5.41, 5.74) is 16.8. The quantitative estimate of drug-likeness (QED) is 0.418. The summed E-state index contributed by atoms with van der Waals surface area (Å²) < 4.78 is 10.1.